The summed E-state index contributed by atoms with van der Waals surface area (Å²) in [5.41, 5.74) is 0.583. The van der Waals surface area contributed by atoms with Crippen molar-refractivity contribution in [3.8, 4) is 5.75 Å². The Bertz CT molecular complexity index is 917. The van der Waals surface area contributed by atoms with Crippen molar-refractivity contribution < 1.29 is 18.9 Å². The van der Waals surface area contributed by atoms with Crippen molar-refractivity contribution in [2.45, 2.75) is 13.0 Å². The van der Waals surface area contributed by atoms with Crippen LogP contribution in [0.3, 0.4) is 0 Å². The van der Waals surface area contributed by atoms with Crippen molar-refractivity contribution in [1.82, 2.24) is 4.90 Å². The maximum absolute atomic E-state index is 12.4. The Balaban J connectivity index is 1.68. The molecule has 7 heteroatoms. The maximum Gasteiger partial charge on any atom is 0.310 e. The highest BCUT2D eigenvalue weighted by molar-refractivity contribution is 5.80. The number of nitrogens with zero attached hydrogens (tertiary/aromatic N) is 2. The van der Waals surface area contributed by atoms with E-state index in [2.05, 4.69) is 0 Å². The van der Waals surface area contributed by atoms with Crippen LogP contribution >= 0.6 is 0 Å². The monoisotopic (exact) mass is 354 g/mol. The molecule has 0 aliphatic rings. The van der Waals surface area contributed by atoms with Crippen molar-refractivity contribution >= 4 is 22.6 Å². The van der Waals surface area contributed by atoms with Crippen LogP contribution in [0.4, 0.5) is 5.69 Å². The zero-order valence-electron chi connectivity index (χ0n) is 14.4. The Morgan fingerprint density at radius 3 is 2.65 bits per heavy atom. The molecule has 1 aromatic heterocycles. The Hall–Kier alpha value is -3.35. The number of hydrogen-bond donors (Lipinski definition) is 0. The number of ether oxygens (including phenoxy) is 1. The minimum absolute atomic E-state index is 0.0654. The molecule has 0 spiro atoms. The lowest BCUT2D eigenvalue weighted by molar-refractivity contribution is -0.385. The normalized spacial score (nSPS) is 11.9. The van der Waals surface area contributed by atoms with Crippen LogP contribution in [0.15, 0.2) is 59.0 Å². The fourth-order valence-corrected chi connectivity index (χ4v) is 2.59. The second-order valence-electron chi connectivity index (χ2n) is 5.88. The van der Waals surface area contributed by atoms with E-state index in [0.29, 0.717) is 5.76 Å². The van der Waals surface area contributed by atoms with Gasteiger partial charge in [0.25, 0.3) is 5.91 Å². The number of nitro benzene ring substituents is 1. The van der Waals surface area contributed by atoms with E-state index in [1.165, 1.54) is 17.0 Å². The molecule has 0 bridgehead atoms. The van der Waals surface area contributed by atoms with E-state index in [-0.39, 0.29) is 30.0 Å². The summed E-state index contributed by atoms with van der Waals surface area (Å²) >= 11 is 0. The number of amides is 1. The molecule has 26 heavy (non-hydrogen) atoms. The molecule has 134 valence electrons. The van der Waals surface area contributed by atoms with Crippen molar-refractivity contribution in [3.63, 3.8) is 0 Å². The van der Waals surface area contributed by atoms with Gasteiger partial charge in [0.15, 0.2) is 12.4 Å². The molecular weight excluding hydrogens is 336 g/mol. The average molecular weight is 354 g/mol. The highest BCUT2D eigenvalue weighted by atomic mass is 16.6. The lowest BCUT2D eigenvalue weighted by atomic mass is 10.2. The van der Waals surface area contributed by atoms with Gasteiger partial charge in [0.2, 0.25) is 0 Å². The van der Waals surface area contributed by atoms with Crippen molar-refractivity contribution in [2.75, 3.05) is 13.7 Å². The lowest BCUT2D eigenvalue weighted by Crippen LogP contribution is -2.33. The van der Waals surface area contributed by atoms with Gasteiger partial charge in [-0.05, 0) is 25.1 Å². The molecule has 1 atom stereocenters. The number of nitro groups is 1. The Labute approximate surface area is 149 Å². The predicted molar refractivity (Wildman–Crippen MR) is 96.0 cm³/mol. The van der Waals surface area contributed by atoms with Crippen LogP contribution in [0.5, 0.6) is 5.75 Å². The molecule has 1 amide bonds. The molecule has 7 nitrogen and oxygen atoms in total. The second kappa shape index (κ2) is 7.26. The zero-order chi connectivity index (χ0) is 18.7. The Morgan fingerprint density at radius 2 is 1.92 bits per heavy atom. The van der Waals surface area contributed by atoms with Crippen LogP contribution in [-0.4, -0.2) is 29.4 Å². The molecule has 3 aromatic rings. The average Bonchev–Trinajstić information content (AvgIpc) is 3.09. The molecule has 0 radical (unpaired) electrons. The van der Waals surface area contributed by atoms with Gasteiger partial charge in [-0.15, -0.1) is 0 Å². The SMILES string of the molecule is CC(c1cc2ccccc2o1)N(C)C(=O)COc1ccccc1[N+](=O)[O-]. The van der Waals surface area contributed by atoms with E-state index in [1.807, 2.05) is 37.3 Å². The summed E-state index contributed by atoms with van der Waals surface area (Å²) in [7, 11) is 1.64. The molecule has 0 fully saturated rings. The molecule has 3 rings (SSSR count). The molecular formula is C19H18N2O5. The van der Waals surface area contributed by atoms with Crippen LogP contribution < -0.4 is 4.74 Å². The molecule has 0 aliphatic carbocycles. The number of furan rings is 1. The van der Waals surface area contributed by atoms with Crippen LogP contribution in [0, 0.1) is 10.1 Å². The third-order valence-corrected chi connectivity index (χ3v) is 4.24. The molecule has 0 saturated heterocycles. The fraction of sp³-hybridized carbons (Fsp3) is 0.211. The van der Waals surface area contributed by atoms with Crippen LogP contribution in [0.25, 0.3) is 11.0 Å². The summed E-state index contributed by atoms with van der Waals surface area (Å²) in [6.07, 6.45) is 0. The first-order valence-corrected chi connectivity index (χ1v) is 8.07. The molecule has 1 heterocycles. The van der Waals surface area contributed by atoms with E-state index >= 15 is 0 Å². The topological polar surface area (TPSA) is 85.8 Å². The summed E-state index contributed by atoms with van der Waals surface area (Å²) in [4.78, 5) is 24.4. The van der Waals surface area contributed by atoms with Crippen LogP contribution in [-0.2, 0) is 4.79 Å². The highest BCUT2D eigenvalue weighted by Gasteiger charge is 2.22. The number of fused-ring (bicyclic) bond motifs is 1. The third-order valence-electron chi connectivity index (χ3n) is 4.24. The largest absolute Gasteiger partial charge is 0.477 e. The molecule has 2 aromatic carbocycles. The first-order valence-electron chi connectivity index (χ1n) is 8.07. The highest BCUT2D eigenvalue weighted by Crippen LogP contribution is 2.28. The van der Waals surface area contributed by atoms with Crippen LogP contribution in [0.1, 0.15) is 18.7 Å². The number of benzene rings is 2. The number of carbonyl (C=O) groups is 1. The summed E-state index contributed by atoms with van der Waals surface area (Å²) in [5.74, 6) is 0.416. The van der Waals surface area contributed by atoms with Crippen LogP contribution in [0.2, 0.25) is 0 Å². The van der Waals surface area contributed by atoms with Gasteiger partial charge in [0.1, 0.15) is 11.3 Å². The molecule has 0 aliphatic heterocycles. The van der Waals surface area contributed by atoms with E-state index in [0.717, 1.165) is 11.0 Å². The summed E-state index contributed by atoms with van der Waals surface area (Å²) in [6.45, 7) is 1.55. The standard InChI is InChI=1S/C19H18N2O5/c1-13(18-11-14-7-3-5-9-16(14)26-18)20(2)19(22)12-25-17-10-6-4-8-15(17)21(23)24/h3-11,13H,12H2,1-2H3. The number of rotatable bonds is 6. The van der Waals surface area contributed by atoms with Gasteiger partial charge >= 0.3 is 5.69 Å². The van der Waals surface area contributed by atoms with Crippen molar-refractivity contribution in [1.29, 1.82) is 0 Å². The first-order chi connectivity index (χ1) is 12.5. The number of para-hydroxylation sites is 3. The van der Waals surface area contributed by atoms with Gasteiger partial charge in [-0.1, -0.05) is 30.3 Å². The smallest absolute Gasteiger partial charge is 0.310 e. The lowest BCUT2D eigenvalue weighted by Gasteiger charge is -2.23. The molecule has 1 unspecified atom stereocenters. The summed E-state index contributed by atoms with van der Waals surface area (Å²) in [5, 5.41) is 12.0. The van der Waals surface area contributed by atoms with Gasteiger partial charge in [0, 0.05) is 18.5 Å². The van der Waals surface area contributed by atoms with Gasteiger partial charge < -0.3 is 14.1 Å². The summed E-state index contributed by atoms with van der Waals surface area (Å²) < 4.78 is 11.2. The quantitative estimate of drug-likeness (QED) is 0.494. The van der Waals surface area contributed by atoms with E-state index in [4.69, 9.17) is 9.15 Å². The Kier molecular flexibility index (Phi) is 4.88. The van der Waals surface area contributed by atoms with Gasteiger partial charge in [-0.3, -0.25) is 14.9 Å². The minimum Gasteiger partial charge on any atom is -0.477 e. The maximum atomic E-state index is 12.4. The van der Waals surface area contributed by atoms with Gasteiger partial charge in [-0.2, -0.15) is 0 Å². The number of hydrogen-bond acceptors (Lipinski definition) is 5. The Morgan fingerprint density at radius 1 is 1.23 bits per heavy atom. The van der Waals surface area contributed by atoms with Gasteiger partial charge in [-0.25, -0.2) is 0 Å². The minimum atomic E-state index is -0.541. The number of likely N-dealkylation sites (N-methyl/N-ethyl adjacent to an activating group) is 1. The van der Waals surface area contributed by atoms with Crippen molar-refractivity contribution in [2.24, 2.45) is 0 Å². The second-order valence-corrected chi connectivity index (χ2v) is 5.88. The first kappa shape index (κ1) is 17.5. The zero-order valence-corrected chi connectivity index (χ0v) is 14.4. The molecule has 0 saturated carbocycles. The van der Waals surface area contributed by atoms with Crippen molar-refractivity contribution in [3.05, 3.63) is 70.5 Å². The van der Waals surface area contributed by atoms with E-state index in [9.17, 15) is 14.9 Å². The number of carbonyl (C=O) groups excluding carboxylic acids is 1. The van der Waals surface area contributed by atoms with E-state index < -0.39 is 4.92 Å². The fourth-order valence-electron chi connectivity index (χ4n) is 2.59. The predicted octanol–water partition coefficient (Wildman–Crippen LogP) is 3.94. The molecule has 0 N–H and O–H groups in total. The summed E-state index contributed by atoms with van der Waals surface area (Å²) in [6, 6.07) is 15.2. The van der Waals surface area contributed by atoms with E-state index in [1.54, 1.807) is 19.2 Å². The third kappa shape index (κ3) is 3.51. The van der Waals surface area contributed by atoms with Gasteiger partial charge in [0.05, 0.1) is 11.0 Å².